The number of carbonyl (C=O) groups excluding carboxylic acids is 1. The van der Waals surface area contributed by atoms with Gasteiger partial charge in [-0.25, -0.2) is 9.48 Å². The Morgan fingerprint density at radius 3 is 2.67 bits per heavy atom. The molecule has 0 saturated heterocycles. The SMILES string of the molecule is NC(=O)c1cnn(-c2cc(Br)ccc2C(=O)O)c1. The van der Waals surface area contributed by atoms with Gasteiger partial charge in [0.1, 0.15) is 0 Å². The van der Waals surface area contributed by atoms with E-state index in [1.165, 1.54) is 23.1 Å². The Kier molecular flexibility index (Phi) is 3.15. The number of amides is 1. The first-order valence-electron chi connectivity index (χ1n) is 4.86. The van der Waals surface area contributed by atoms with Crippen molar-refractivity contribution in [2.45, 2.75) is 0 Å². The smallest absolute Gasteiger partial charge is 0.337 e. The molecular formula is C11H8BrN3O3. The summed E-state index contributed by atoms with van der Waals surface area (Å²) in [6.07, 6.45) is 2.67. The van der Waals surface area contributed by atoms with Crippen LogP contribution in [0.25, 0.3) is 5.69 Å². The monoisotopic (exact) mass is 309 g/mol. The Balaban J connectivity index is 2.57. The molecule has 0 radical (unpaired) electrons. The molecule has 7 heteroatoms. The van der Waals surface area contributed by atoms with Crippen molar-refractivity contribution in [3.8, 4) is 5.69 Å². The second kappa shape index (κ2) is 4.61. The molecule has 6 nitrogen and oxygen atoms in total. The van der Waals surface area contributed by atoms with Crippen molar-refractivity contribution in [2.24, 2.45) is 5.73 Å². The molecule has 1 heterocycles. The fraction of sp³-hybridized carbons (Fsp3) is 0. The van der Waals surface area contributed by atoms with Gasteiger partial charge in [0.15, 0.2) is 0 Å². The van der Waals surface area contributed by atoms with Gasteiger partial charge in [-0.3, -0.25) is 4.79 Å². The van der Waals surface area contributed by atoms with E-state index in [0.717, 1.165) is 0 Å². The summed E-state index contributed by atoms with van der Waals surface area (Å²) in [6.45, 7) is 0. The van der Waals surface area contributed by atoms with Crippen molar-refractivity contribution in [1.29, 1.82) is 0 Å². The molecule has 18 heavy (non-hydrogen) atoms. The third-order valence-corrected chi connectivity index (χ3v) is 2.80. The molecule has 0 aliphatic rings. The van der Waals surface area contributed by atoms with Gasteiger partial charge in [0.2, 0.25) is 0 Å². The molecule has 0 unspecified atom stereocenters. The molecular weight excluding hydrogens is 302 g/mol. The number of aromatic nitrogens is 2. The summed E-state index contributed by atoms with van der Waals surface area (Å²) >= 11 is 3.25. The quantitative estimate of drug-likeness (QED) is 0.896. The first-order chi connectivity index (χ1) is 8.49. The summed E-state index contributed by atoms with van der Waals surface area (Å²) in [6, 6.07) is 4.67. The number of hydrogen-bond acceptors (Lipinski definition) is 3. The van der Waals surface area contributed by atoms with Crippen molar-refractivity contribution in [3.63, 3.8) is 0 Å². The van der Waals surface area contributed by atoms with Crippen LogP contribution in [0.4, 0.5) is 0 Å². The van der Waals surface area contributed by atoms with Gasteiger partial charge in [-0.2, -0.15) is 5.10 Å². The summed E-state index contributed by atoms with van der Waals surface area (Å²) in [5, 5.41) is 13.0. The van der Waals surface area contributed by atoms with E-state index >= 15 is 0 Å². The van der Waals surface area contributed by atoms with Gasteiger partial charge >= 0.3 is 5.97 Å². The third-order valence-electron chi connectivity index (χ3n) is 2.30. The number of carboxylic acid groups (broad SMARTS) is 1. The van der Waals surface area contributed by atoms with Crippen LogP contribution in [0.3, 0.4) is 0 Å². The van der Waals surface area contributed by atoms with E-state index in [4.69, 9.17) is 10.8 Å². The van der Waals surface area contributed by atoms with Crippen molar-refractivity contribution < 1.29 is 14.7 Å². The molecule has 2 rings (SSSR count). The lowest BCUT2D eigenvalue weighted by molar-refractivity contribution is 0.0696. The van der Waals surface area contributed by atoms with Gasteiger partial charge in [0.05, 0.1) is 23.0 Å². The van der Waals surface area contributed by atoms with E-state index < -0.39 is 11.9 Å². The van der Waals surface area contributed by atoms with Crippen LogP contribution in [-0.4, -0.2) is 26.8 Å². The Bertz CT molecular complexity index is 636. The van der Waals surface area contributed by atoms with E-state index in [2.05, 4.69) is 21.0 Å². The zero-order valence-corrected chi connectivity index (χ0v) is 10.6. The van der Waals surface area contributed by atoms with Crippen LogP contribution in [-0.2, 0) is 0 Å². The number of rotatable bonds is 3. The Morgan fingerprint density at radius 1 is 1.39 bits per heavy atom. The minimum Gasteiger partial charge on any atom is -0.478 e. The highest BCUT2D eigenvalue weighted by Gasteiger charge is 2.14. The fourth-order valence-corrected chi connectivity index (χ4v) is 1.81. The minimum absolute atomic E-state index is 0.0809. The number of halogens is 1. The largest absolute Gasteiger partial charge is 0.478 e. The highest BCUT2D eigenvalue weighted by molar-refractivity contribution is 9.10. The lowest BCUT2D eigenvalue weighted by Gasteiger charge is -2.06. The Morgan fingerprint density at radius 2 is 2.11 bits per heavy atom. The van der Waals surface area contributed by atoms with Gasteiger partial charge < -0.3 is 10.8 Å². The number of carbonyl (C=O) groups is 2. The first kappa shape index (κ1) is 12.3. The molecule has 0 atom stereocenters. The van der Waals surface area contributed by atoms with E-state index in [0.29, 0.717) is 10.2 Å². The Hall–Kier alpha value is -2.15. The number of primary amides is 1. The maximum atomic E-state index is 11.1. The lowest BCUT2D eigenvalue weighted by Crippen LogP contribution is -2.10. The summed E-state index contributed by atoms with van der Waals surface area (Å²) in [5.74, 6) is -1.69. The van der Waals surface area contributed by atoms with Gasteiger partial charge in [0.25, 0.3) is 5.91 Å². The van der Waals surface area contributed by atoms with Crippen LogP contribution in [0.5, 0.6) is 0 Å². The zero-order valence-electron chi connectivity index (χ0n) is 9.00. The molecule has 1 amide bonds. The number of benzene rings is 1. The van der Waals surface area contributed by atoms with Gasteiger partial charge in [-0.1, -0.05) is 15.9 Å². The molecule has 2 aromatic rings. The van der Waals surface area contributed by atoms with Crippen molar-refractivity contribution >= 4 is 27.8 Å². The van der Waals surface area contributed by atoms with Crippen LogP contribution in [0.2, 0.25) is 0 Å². The molecule has 0 aliphatic carbocycles. The number of carboxylic acids is 1. The summed E-state index contributed by atoms with van der Waals surface area (Å²) in [5.41, 5.74) is 5.76. The second-order valence-corrected chi connectivity index (χ2v) is 4.42. The highest BCUT2D eigenvalue weighted by Crippen LogP contribution is 2.20. The highest BCUT2D eigenvalue weighted by atomic mass is 79.9. The van der Waals surface area contributed by atoms with Crippen LogP contribution in [0.15, 0.2) is 35.1 Å². The first-order valence-corrected chi connectivity index (χ1v) is 5.66. The zero-order chi connectivity index (χ0) is 13.3. The number of hydrogen-bond donors (Lipinski definition) is 2. The minimum atomic E-state index is -1.08. The molecule has 0 fully saturated rings. The topological polar surface area (TPSA) is 98.2 Å². The molecule has 92 valence electrons. The van der Waals surface area contributed by atoms with Crippen LogP contribution >= 0.6 is 15.9 Å². The standard InChI is InChI=1S/C11H8BrN3O3/c12-7-1-2-8(11(17)18)9(3-7)15-5-6(4-14-15)10(13)16/h1-5H,(H2,13,16)(H,17,18). The summed E-state index contributed by atoms with van der Waals surface area (Å²) < 4.78 is 2.01. The van der Waals surface area contributed by atoms with Gasteiger partial charge in [-0.15, -0.1) is 0 Å². The van der Waals surface area contributed by atoms with Gasteiger partial charge in [-0.05, 0) is 18.2 Å². The van der Waals surface area contributed by atoms with E-state index in [1.807, 2.05) is 0 Å². The maximum Gasteiger partial charge on any atom is 0.337 e. The summed E-state index contributed by atoms with van der Waals surface area (Å²) in [4.78, 5) is 22.1. The van der Waals surface area contributed by atoms with E-state index in [-0.39, 0.29) is 11.1 Å². The molecule has 1 aromatic carbocycles. The van der Waals surface area contributed by atoms with E-state index in [1.54, 1.807) is 12.1 Å². The van der Waals surface area contributed by atoms with Crippen molar-refractivity contribution in [1.82, 2.24) is 9.78 Å². The van der Waals surface area contributed by atoms with Crippen molar-refractivity contribution in [2.75, 3.05) is 0 Å². The van der Waals surface area contributed by atoms with E-state index in [9.17, 15) is 9.59 Å². The number of aromatic carboxylic acids is 1. The average molecular weight is 310 g/mol. The Labute approximate surface area is 110 Å². The van der Waals surface area contributed by atoms with Crippen LogP contribution < -0.4 is 5.73 Å². The lowest BCUT2D eigenvalue weighted by atomic mass is 10.2. The number of nitrogens with two attached hydrogens (primary N) is 1. The normalized spacial score (nSPS) is 10.3. The predicted molar refractivity (Wildman–Crippen MR) is 66.7 cm³/mol. The molecule has 0 aliphatic heterocycles. The third kappa shape index (κ3) is 2.25. The van der Waals surface area contributed by atoms with Crippen LogP contribution in [0.1, 0.15) is 20.7 Å². The predicted octanol–water partition coefficient (Wildman–Crippen LogP) is 1.43. The molecule has 0 saturated carbocycles. The number of nitrogens with zero attached hydrogens (tertiary/aromatic N) is 2. The van der Waals surface area contributed by atoms with Gasteiger partial charge in [0, 0.05) is 10.7 Å². The summed E-state index contributed by atoms with van der Waals surface area (Å²) in [7, 11) is 0. The second-order valence-electron chi connectivity index (χ2n) is 3.50. The molecule has 0 spiro atoms. The molecule has 3 N–H and O–H groups in total. The molecule has 1 aromatic heterocycles. The van der Waals surface area contributed by atoms with Crippen LogP contribution in [0, 0.1) is 0 Å². The fourth-order valence-electron chi connectivity index (χ4n) is 1.46. The molecule has 0 bridgehead atoms. The maximum absolute atomic E-state index is 11.1. The average Bonchev–Trinajstić information content (AvgIpc) is 2.77. The van der Waals surface area contributed by atoms with Crippen molar-refractivity contribution in [3.05, 3.63) is 46.2 Å².